The smallest absolute Gasteiger partial charge is 0.0486 e. The van der Waals surface area contributed by atoms with Crippen LogP contribution in [0.5, 0.6) is 0 Å². The van der Waals surface area contributed by atoms with Crippen molar-refractivity contribution in [1.29, 1.82) is 0 Å². The topological polar surface area (TPSA) is 90.2 Å². The molecule has 0 fully saturated rings. The minimum absolute atomic E-state index is 0.172. The maximum absolute atomic E-state index is 4.35. The van der Waals surface area contributed by atoms with Gasteiger partial charge in [-0.2, -0.15) is 0 Å². The molecule has 7 heterocycles. The van der Waals surface area contributed by atoms with Crippen LogP contribution in [0.25, 0.3) is 33.4 Å². The van der Waals surface area contributed by atoms with Crippen molar-refractivity contribution in [3.8, 4) is 33.4 Å². The Kier molecular flexibility index (Phi) is 30.2. The molecule has 11 rings (SSSR count). The first kappa shape index (κ1) is 73.4. The molecule has 0 N–H and O–H groups in total. The fourth-order valence-electron chi connectivity index (χ4n) is 9.04. The highest BCUT2D eigenvalue weighted by Gasteiger charge is 2.17. The third kappa shape index (κ3) is 26.3. The van der Waals surface area contributed by atoms with E-state index in [2.05, 4.69) is 285 Å². The predicted octanol–water partition coefficient (Wildman–Crippen LogP) is 22.0. The molecule has 4 aromatic carbocycles. The summed E-state index contributed by atoms with van der Waals surface area (Å²) in [6, 6.07) is 65.1. The van der Waals surface area contributed by atoms with E-state index in [1.54, 1.807) is 6.20 Å². The van der Waals surface area contributed by atoms with Crippen LogP contribution in [0.3, 0.4) is 0 Å². The SMILES string of the molecule is Cc1ccc(C(C)(C)C)nc1.Cc1ccc(C)c(C)n1.Cc1cccc(-c2cc(-c3ccccc3)cc(-c3ccccc3)c2)c1.Cc1ccccn1.Cc1cccnc1C.Cc1cccnc1C(C)(C)C.Cc1cccnc1C(C)C.Cc1ccnc(C)c1C. The monoisotopic (exact) mass is 1200 g/mol. The van der Waals surface area contributed by atoms with E-state index in [1.807, 2.05) is 114 Å². The molecule has 0 aliphatic rings. The fourth-order valence-corrected chi connectivity index (χ4v) is 9.04. The van der Waals surface area contributed by atoms with Crippen molar-refractivity contribution < 1.29 is 0 Å². The van der Waals surface area contributed by atoms with Gasteiger partial charge >= 0.3 is 0 Å². The van der Waals surface area contributed by atoms with E-state index < -0.39 is 0 Å². The van der Waals surface area contributed by atoms with Crippen molar-refractivity contribution in [1.82, 2.24) is 34.9 Å². The van der Waals surface area contributed by atoms with Crippen molar-refractivity contribution >= 4 is 0 Å². The highest BCUT2D eigenvalue weighted by atomic mass is 14.7. The molecule has 0 aliphatic carbocycles. The van der Waals surface area contributed by atoms with Crippen molar-refractivity contribution in [3.05, 3.63) is 315 Å². The Morgan fingerprint density at radius 3 is 1.20 bits per heavy atom. The molecule has 0 spiro atoms. The highest BCUT2D eigenvalue weighted by molar-refractivity contribution is 5.81. The Bertz CT molecular complexity index is 3740. The molecule has 0 atom stereocenters. The zero-order valence-corrected chi connectivity index (χ0v) is 58.1. The predicted molar refractivity (Wildman–Crippen MR) is 385 cm³/mol. The number of aromatic nitrogens is 7. The van der Waals surface area contributed by atoms with Crippen LogP contribution in [0.1, 0.15) is 151 Å². The van der Waals surface area contributed by atoms with Crippen LogP contribution < -0.4 is 0 Å². The van der Waals surface area contributed by atoms with Gasteiger partial charge in [-0.15, -0.1) is 0 Å². The summed E-state index contributed by atoms with van der Waals surface area (Å²) < 4.78 is 0. The molecule has 11 aromatic rings. The Labute approximate surface area is 542 Å². The van der Waals surface area contributed by atoms with Crippen molar-refractivity contribution in [2.75, 3.05) is 0 Å². The molecule has 7 nitrogen and oxygen atoms in total. The largest absolute Gasteiger partial charge is 0.262 e. The van der Waals surface area contributed by atoms with Gasteiger partial charge in [0.2, 0.25) is 0 Å². The lowest BCUT2D eigenvalue weighted by Crippen LogP contribution is -2.14. The number of pyridine rings is 7. The molecular weight excluding hydrogens is 1090 g/mol. The van der Waals surface area contributed by atoms with Gasteiger partial charge in [-0.1, -0.05) is 182 Å². The lowest BCUT2D eigenvalue weighted by atomic mass is 9.89. The van der Waals surface area contributed by atoms with Gasteiger partial charge in [0.25, 0.3) is 0 Å². The number of hydrogen-bond acceptors (Lipinski definition) is 7. The molecule has 468 valence electrons. The minimum Gasteiger partial charge on any atom is -0.262 e. The Morgan fingerprint density at radius 1 is 0.300 bits per heavy atom. The maximum Gasteiger partial charge on any atom is 0.0486 e. The summed E-state index contributed by atoms with van der Waals surface area (Å²) in [6.45, 7) is 44.2. The molecule has 0 amide bonds. The summed E-state index contributed by atoms with van der Waals surface area (Å²) in [6.07, 6.45) is 11.1. The second-order valence-electron chi connectivity index (χ2n) is 25.2. The first-order valence-corrected chi connectivity index (χ1v) is 31.3. The van der Waals surface area contributed by atoms with E-state index in [4.69, 9.17) is 0 Å². The van der Waals surface area contributed by atoms with Crippen LogP contribution >= 0.6 is 0 Å². The van der Waals surface area contributed by atoms with Gasteiger partial charge in [0.05, 0.1) is 0 Å². The molecule has 90 heavy (non-hydrogen) atoms. The number of rotatable bonds is 4. The first-order chi connectivity index (χ1) is 42.6. The third-order valence-electron chi connectivity index (χ3n) is 14.8. The van der Waals surface area contributed by atoms with Crippen LogP contribution in [-0.4, -0.2) is 34.9 Å². The third-order valence-corrected chi connectivity index (χ3v) is 14.8. The van der Waals surface area contributed by atoms with Crippen molar-refractivity contribution in [3.63, 3.8) is 0 Å². The van der Waals surface area contributed by atoms with Gasteiger partial charge in [0.1, 0.15) is 0 Å². The molecule has 0 bridgehead atoms. The molecule has 0 aliphatic heterocycles. The van der Waals surface area contributed by atoms with Gasteiger partial charge in [-0.3, -0.25) is 34.9 Å². The van der Waals surface area contributed by atoms with Crippen LogP contribution in [0.2, 0.25) is 0 Å². The van der Waals surface area contributed by atoms with Gasteiger partial charge in [-0.05, 0) is 235 Å². The Morgan fingerprint density at radius 2 is 0.811 bits per heavy atom. The molecule has 0 radical (unpaired) electrons. The number of hydrogen-bond donors (Lipinski definition) is 0. The fraction of sp³-hybridized carbons (Fsp3) is 0.289. The zero-order valence-electron chi connectivity index (χ0n) is 58.1. The van der Waals surface area contributed by atoms with E-state index >= 15 is 0 Å². The van der Waals surface area contributed by atoms with E-state index in [1.165, 1.54) is 89.3 Å². The molecule has 0 unspecified atom stereocenters. The van der Waals surface area contributed by atoms with Gasteiger partial charge in [-0.25, -0.2) is 0 Å². The zero-order chi connectivity index (χ0) is 66.4. The van der Waals surface area contributed by atoms with Crippen LogP contribution in [-0.2, 0) is 10.8 Å². The number of nitrogens with zero attached hydrogens (tertiary/aromatic N) is 7. The quantitative estimate of drug-likeness (QED) is 0.173. The van der Waals surface area contributed by atoms with Gasteiger partial charge in [0, 0.05) is 93.6 Å². The minimum atomic E-state index is 0.172. The van der Waals surface area contributed by atoms with E-state index in [9.17, 15) is 0 Å². The molecular formula is C83H101N7. The summed E-state index contributed by atoms with van der Waals surface area (Å²) in [5.41, 5.74) is 27.2. The average molecular weight is 1200 g/mol. The van der Waals surface area contributed by atoms with Crippen LogP contribution in [0.4, 0.5) is 0 Å². The first-order valence-electron chi connectivity index (χ1n) is 31.3. The van der Waals surface area contributed by atoms with Crippen LogP contribution in [0, 0.1) is 90.0 Å². The standard InChI is InChI=1S/C25H20.2C10H15N.C9H13N.2C8H11N.C7H9N.C6H7N/c1-19-9-8-14-22(15-19)25-17-23(20-10-4-2-5-11-20)16-24(18-25)21-12-6-3-7-13-21;1-8-5-6-9(11-7-8)10(2,3)4;1-8-6-5-7-11-9(8)10(2,3)4;1-7(2)9-8(3)5-4-6-10-9;1-6-4-5-9-8(3)7(6)2;1-6-4-5-7(2)9-8(6)3;1-6-4-3-5-8-7(6)2;1-6-4-2-3-5-7-6/h2-18H,1H3;2*5-7H,1-4H3;4-7H,1-3H3;2*4-5H,1-3H3;3-5H,1-2H3;2-5H,1H3. The van der Waals surface area contributed by atoms with Gasteiger partial charge in [0.15, 0.2) is 0 Å². The summed E-state index contributed by atoms with van der Waals surface area (Å²) >= 11 is 0. The Balaban J connectivity index is 0.000000230. The molecule has 0 saturated heterocycles. The van der Waals surface area contributed by atoms with Crippen molar-refractivity contribution in [2.24, 2.45) is 0 Å². The van der Waals surface area contributed by atoms with Crippen molar-refractivity contribution in [2.45, 2.75) is 162 Å². The lowest BCUT2D eigenvalue weighted by Gasteiger charge is -2.19. The second kappa shape index (κ2) is 37.1. The van der Waals surface area contributed by atoms with Crippen LogP contribution in [0.15, 0.2) is 225 Å². The van der Waals surface area contributed by atoms with E-state index in [0.29, 0.717) is 5.92 Å². The van der Waals surface area contributed by atoms with E-state index in [-0.39, 0.29) is 10.8 Å². The second-order valence-corrected chi connectivity index (χ2v) is 25.2. The number of aryl methyl sites for hydroxylation is 12. The Hall–Kier alpha value is -9.07. The lowest BCUT2D eigenvalue weighted by molar-refractivity contribution is 0.564. The number of benzene rings is 4. The summed E-state index contributed by atoms with van der Waals surface area (Å²) in [7, 11) is 0. The van der Waals surface area contributed by atoms with E-state index in [0.717, 1.165) is 34.2 Å². The molecule has 7 aromatic heterocycles. The van der Waals surface area contributed by atoms with Gasteiger partial charge < -0.3 is 0 Å². The summed E-state index contributed by atoms with van der Waals surface area (Å²) in [5.74, 6) is 0.543. The average Bonchev–Trinajstić information content (AvgIpc) is 1.31. The molecule has 0 saturated carbocycles. The summed E-state index contributed by atoms with van der Waals surface area (Å²) in [4.78, 5) is 29.4. The maximum atomic E-state index is 4.35. The summed E-state index contributed by atoms with van der Waals surface area (Å²) in [5, 5.41) is 0. The molecule has 7 heteroatoms. The normalized spacial score (nSPS) is 10.4. The highest BCUT2D eigenvalue weighted by Crippen LogP contribution is 2.33.